The van der Waals surface area contributed by atoms with E-state index in [-0.39, 0.29) is 0 Å². The highest BCUT2D eigenvalue weighted by Crippen LogP contribution is 2.07. The third-order valence-electron chi connectivity index (χ3n) is 2.09. The van der Waals surface area contributed by atoms with Crippen LogP contribution in [0.25, 0.3) is 0 Å². The molecular formula is C12H21N3. The summed E-state index contributed by atoms with van der Waals surface area (Å²) in [5, 5.41) is 6.62. The van der Waals surface area contributed by atoms with E-state index in [1.807, 2.05) is 12.3 Å². The van der Waals surface area contributed by atoms with E-state index in [0.29, 0.717) is 5.92 Å². The van der Waals surface area contributed by atoms with Crippen LogP contribution in [0.2, 0.25) is 0 Å². The van der Waals surface area contributed by atoms with Gasteiger partial charge in [0.1, 0.15) is 5.82 Å². The number of rotatable bonds is 6. The lowest BCUT2D eigenvalue weighted by Gasteiger charge is -2.09. The number of anilines is 1. The summed E-state index contributed by atoms with van der Waals surface area (Å²) in [5.41, 5.74) is 1.28. The summed E-state index contributed by atoms with van der Waals surface area (Å²) in [7, 11) is 0. The van der Waals surface area contributed by atoms with Crippen LogP contribution >= 0.6 is 0 Å². The van der Waals surface area contributed by atoms with Gasteiger partial charge in [0.25, 0.3) is 0 Å². The summed E-state index contributed by atoms with van der Waals surface area (Å²) in [5.74, 6) is 1.61. The zero-order chi connectivity index (χ0) is 11.1. The Morgan fingerprint density at radius 3 is 2.87 bits per heavy atom. The molecule has 1 aromatic heterocycles. The Morgan fingerprint density at radius 1 is 1.40 bits per heavy atom. The zero-order valence-corrected chi connectivity index (χ0v) is 9.88. The van der Waals surface area contributed by atoms with Crippen LogP contribution in [0.4, 0.5) is 5.82 Å². The van der Waals surface area contributed by atoms with Crippen molar-refractivity contribution < 1.29 is 0 Å². The standard InChI is InChI=1S/C12H21N3/c1-4-13-9-11-5-6-14-12(7-11)15-8-10(2)3/h5-7,10,13H,4,8-9H2,1-3H3,(H,14,15). The topological polar surface area (TPSA) is 37.0 Å². The van der Waals surface area contributed by atoms with Crippen LogP contribution in [0.3, 0.4) is 0 Å². The van der Waals surface area contributed by atoms with Crippen molar-refractivity contribution in [3.05, 3.63) is 23.9 Å². The van der Waals surface area contributed by atoms with Crippen LogP contribution in [0.15, 0.2) is 18.3 Å². The number of hydrogen-bond acceptors (Lipinski definition) is 3. The first-order valence-corrected chi connectivity index (χ1v) is 5.62. The SMILES string of the molecule is CCNCc1ccnc(NCC(C)C)c1. The van der Waals surface area contributed by atoms with Gasteiger partial charge in [-0.15, -0.1) is 0 Å². The molecule has 1 heterocycles. The third kappa shape index (κ3) is 4.79. The summed E-state index contributed by atoms with van der Waals surface area (Å²) in [4.78, 5) is 4.28. The van der Waals surface area contributed by atoms with E-state index in [4.69, 9.17) is 0 Å². The third-order valence-corrected chi connectivity index (χ3v) is 2.09. The molecule has 84 valence electrons. The lowest BCUT2D eigenvalue weighted by molar-refractivity contribution is 0.686. The maximum atomic E-state index is 4.28. The molecule has 0 aliphatic carbocycles. The van der Waals surface area contributed by atoms with Crippen molar-refractivity contribution in [3.63, 3.8) is 0 Å². The molecule has 0 unspecified atom stereocenters. The highest BCUT2D eigenvalue weighted by atomic mass is 15.0. The lowest BCUT2D eigenvalue weighted by atomic mass is 10.2. The highest BCUT2D eigenvalue weighted by Gasteiger charge is 1.98. The van der Waals surface area contributed by atoms with Crippen molar-refractivity contribution in [1.29, 1.82) is 0 Å². The van der Waals surface area contributed by atoms with Crippen molar-refractivity contribution in [3.8, 4) is 0 Å². The molecular weight excluding hydrogens is 186 g/mol. The number of nitrogens with zero attached hydrogens (tertiary/aromatic N) is 1. The second kappa shape index (κ2) is 6.40. The van der Waals surface area contributed by atoms with E-state index in [9.17, 15) is 0 Å². The molecule has 0 bridgehead atoms. The van der Waals surface area contributed by atoms with Crippen molar-refractivity contribution in [2.75, 3.05) is 18.4 Å². The molecule has 15 heavy (non-hydrogen) atoms. The molecule has 0 aliphatic rings. The molecule has 0 aliphatic heterocycles. The van der Waals surface area contributed by atoms with Crippen molar-refractivity contribution in [2.24, 2.45) is 5.92 Å². The van der Waals surface area contributed by atoms with E-state index < -0.39 is 0 Å². The second-order valence-electron chi connectivity index (χ2n) is 4.10. The molecule has 0 fully saturated rings. The number of hydrogen-bond donors (Lipinski definition) is 2. The molecule has 1 aromatic rings. The summed E-state index contributed by atoms with van der Waals surface area (Å²) >= 11 is 0. The van der Waals surface area contributed by atoms with Gasteiger partial charge in [0.2, 0.25) is 0 Å². The molecule has 0 spiro atoms. The maximum Gasteiger partial charge on any atom is 0.126 e. The van der Waals surface area contributed by atoms with Crippen LogP contribution in [0.1, 0.15) is 26.3 Å². The highest BCUT2D eigenvalue weighted by molar-refractivity contribution is 5.37. The maximum absolute atomic E-state index is 4.28. The predicted molar refractivity (Wildman–Crippen MR) is 64.9 cm³/mol. The van der Waals surface area contributed by atoms with E-state index in [0.717, 1.165) is 25.5 Å². The lowest BCUT2D eigenvalue weighted by Crippen LogP contribution is -2.13. The van der Waals surface area contributed by atoms with Gasteiger partial charge in [-0.2, -0.15) is 0 Å². The van der Waals surface area contributed by atoms with Gasteiger partial charge >= 0.3 is 0 Å². The Kier molecular flexibility index (Phi) is 5.12. The van der Waals surface area contributed by atoms with E-state index in [1.54, 1.807) is 0 Å². The van der Waals surface area contributed by atoms with E-state index in [1.165, 1.54) is 5.56 Å². The van der Waals surface area contributed by atoms with Crippen LogP contribution in [0.5, 0.6) is 0 Å². The molecule has 0 aromatic carbocycles. The Balaban J connectivity index is 2.50. The molecule has 3 nitrogen and oxygen atoms in total. The molecule has 0 radical (unpaired) electrons. The largest absolute Gasteiger partial charge is 0.370 e. The Labute approximate surface area is 92.3 Å². The normalized spacial score (nSPS) is 10.7. The Hall–Kier alpha value is -1.09. The van der Waals surface area contributed by atoms with Crippen molar-refractivity contribution in [1.82, 2.24) is 10.3 Å². The van der Waals surface area contributed by atoms with Crippen LogP contribution < -0.4 is 10.6 Å². The molecule has 0 amide bonds. The van der Waals surface area contributed by atoms with Crippen molar-refractivity contribution in [2.45, 2.75) is 27.3 Å². The first kappa shape index (κ1) is 12.0. The smallest absolute Gasteiger partial charge is 0.126 e. The first-order chi connectivity index (χ1) is 7.22. The van der Waals surface area contributed by atoms with Gasteiger partial charge in [-0.1, -0.05) is 20.8 Å². The fourth-order valence-corrected chi connectivity index (χ4v) is 1.26. The van der Waals surface area contributed by atoms with Crippen molar-refractivity contribution >= 4 is 5.82 Å². The Morgan fingerprint density at radius 2 is 2.20 bits per heavy atom. The number of pyridine rings is 1. The first-order valence-electron chi connectivity index (χ1n) is 5.62. The van der Waals surface area contributed by atoms with Gasteiger partial charge in [0, 0.05) is 19.3 Å². The Bertz CT molecular complexity index is 284. The summed E-state index contributed by atoms with van der Waals surface area (Å²) in [6.45, 7) is 9.37. The minimum atomic E-state index is 0.643. The van der Waals surface area contributed by atoms with Gasteiger partial charge in [-0.25, -0.2) is 4.98 Å². The fraction of sp³-hybridized carbons (Fsp3) is 0.583. The average Bonchev–Trinajstić information content (AvgIpc) is 2.24. The number of aromatic nitrogens is 1. The summed E-state index contributed by atoms with van der Waals surface area (Å²) in [6, 6.07) is 4.15. The minimum Gasteiger partial charge on any atom is -0.370 e. The van der Waals surface area contributed by atoms with Gasteiger partial charge in [0.15, 0.2) is 0 Å². The summed E-state index contributed by atoms with van der Waals surface area (Å²) in [6.07, 6.45) is 1.86. The van der Waals surface area contributed by atoms with Gasteiger partial charge in [0.05, 0.1) is 0 Å². The average molecular weight is 207 g/mol. The van der Waals surface area contributed by atoms with Gasteiger partial charge in [-0.3, -0.25) is 0 Å². The molecule has 2 N–H and O–H groups in total. The van der Waals surface area contributed by atoms with Crippen LogP contribution in [0, 0.1) is 5.92 Å². The van der Waals surface area contributed by atoms with Gasteiger partial charge in [-0.05, 0) is 30.2 Å². The van der Waals surface area contributed by atoms with Crippen LogP contribution in [-0.4, -0.2) is 18.1 Å². The monoisotopic (exact) mass is 207 g/mol. The fourth-order valence-electron chi connectivity index (χ4n) is 1.26. The minimum absolute atomic E-state index is 0.643. The van der Waals surface area contributed by atoms with E-state index >= 15 is 0 Å². The zero-order valence-electron chi connectivity index (χ0n) is 9.88. The van der Waals surface area contributed by atoms with Crippen LogP contribution in [-0.2, 0) is 6.54 Å². The quantitative estimate of drug-likeness (QED) is 0.751. The van der Waals surface area contributed by atoms with Gasteiger partial charge < -0.3 is 10.6 Å². The molecule has 0 saturated carbocycles. The number of nitrogens with one attached hydrogen (secondary N) is 2. The molecule has 3 heteroatoms. The second-order valence-corrected chi connectivity index (χ2v) is 4.10. The van der Waals surface area contributed by atoms with E-state index in [2.05, 4.69) is 42.5 Å². The molecule has 1 rings (SSSR count). The molecule has 0 atom stereocenters. The summed E-state index contributed by atoms with van der Waals surface area (Å²) < 4.78 is 0. The molecule has 0 saturated heterocycles. The predicted octanol–water partition coefficient (Wildman–Crippen LogP) is 2.26.